The number of aryl methyl sites for hydroxylation is 2. The van der Waals surface area contributed by atoms with Gasteiger partial charge in [-0.1, -0.05) is 181 Å². The monoisotopic (exact) mass is 665 g/mol. The largest absolute Gasteiger partial charge is 0.337 e. The van der Waals surface area contributed by atoms with Gasteiger partial charge in [-0.25, -0.2) is 9.97 Å². The lowest BCUT2D eigenvalue weighted by atomic mass is 10.0. The summed E-state index contributed by atoms with van der Waals surface area (Å²) >= 11 is 0. The van der Waals surface area contributed by atoms with Crippen LogP contribution in [0.25, 0.3) is 0 Å². The van der Waals surface area contributed by atoms with Crippen LogP contribution in [-0.4, -0.2) is 19.1 Å². The highest BCUT2D eigenvalue weighted by Crippen LogP contribution is 2.14. The van der Waals surface area contributed by atoms with Gasteiger partial charge in [0.05, 0.1) is 12.7 Å². The van der Waals surface area contributed by atoms with E-state index in [-0.39, 0.29) is 17.0 Å². The SMILES string of the molecule is Br.CCCCCCCCCCCCCCCCCCn1ccnc1.CCCCCCCCCCCCCCn1ccnc1. The van der Waals surface area contributed by atoms with Crippen LogP contribution < -0.4 is 0 Å². The van der Waals surface area contributed by atoms with Crippen LogP contribution in [0.5, 0.6) is 0 Å². The number of nitrogens with zero attached hydrogens (tertiary/aromatic N) is 4. The molecule has 0 aromatic carbocycles. The third-order valence-corrected chi connectivity index (χ3v) is 8.66. The molecule has 2 aromatic rings. The summed E-state index contributed by atoms with van der Waals surface area (Å²) in [5.41, 5.74) is 0. The zero-order valence-electron chi connectivity index (χ0n) is 28.9. The van der Waals surface area contributed by atoms with Crippen LogP contribution >= 0.6 is 17.0 Å². The van der Waals surface area contributed by atoms with Crippen molar-refractivity contribution in [1.29, 1.82) is 0 Å². The average molecular weight is 666 g/mol. The van der Waals surface area contributed by atoms with Gasteiger partial charge in [-0.2, -0.15) is 0 Å². The predicted molar refractivity (Wildman–Crippen MR) is 195 cm³/mol. The molecule has 252 valence electrons. The molecule has 0 saturated heterocycles. The second-order valence-corrected chi connectivity index (χ2v) is 12.8. The Kier molecular flexibility index (Phi) is 34.5. The van der Waals surface area contributed by atoms with Gasteiger partial charge in [-0.05, 0) is 12.8 Å². The van der Waals surface area contributed by atoms with Crippen LogP contribution in [0.1, 0.15) is 194 Å². The van der Waals surface area contributed by atoms with Gasteiger partial charge in [0.2, 0.25) is 0 Å². The summed E-state index contributed by atoms with van der Waals surface area (Å²) in [7, 11) is 0. The maximum atomic E-state index is 4.08. The zero-order valence-corrected chi connectivity index (χ0v) is 30.6. The molecule has 0 bridgehead atoms. The third-order valence-electron chi connectivity index (χ3n) is 8.66. The fourth-order valence-corrected chi connectivity index (χ4v) is 5.82. The molecule has 0 amide bonds. The summed E-state index contributed by atoms with van der Waals surface area (Å²) in [6.45, 7) is 6.85. The second kappa shape index (κ2) is 35.4. The van der Waals surface area contributed by atoms with Crippen molar-refractivity contribution < 1.29 is 0 Å². The van der Waals surface area contributed by atoms with Crippen molar-refractivity contribution in [3.8, 4) is 0 Å². The molecule has 0 atom stereocenters. The highest BCUT2D eigenvalue weighted by atomic mass is 79.9. The van der Waals surface area contributed by atoms with Gasteiger partial charge in [0.25, 0.3) is 0 Å². The molecule has 0 radical (unpaired) electrons. The van der Waals surface area contributed by atoms with E-state index in [2.05, 4.69) is 45.3 Å². The molecule has 4 nitrogen and oxygen atoms in total. The molecule has 0 fully saturated rings. The highest BCUT2D eigenvalue weighted by Gasteiger charge is 1.96. The second-order valence-electron chi connectivity index (χ2n) is 12.8. The fourth-order valence-electron chi connectivity index (χ4n) is 5.82. The van der Waals surface area contributed by atoms with Crippen LogP contribution in [0.3, 0.4) is 0 Å². The van der Waals surface area contributed by atoms with E-state index < -0.39 is 0 Å². The Morgan fingerprint density at radius 2 is 0.581 bits per heavy atom. The number of rotatable bonds is 30. The first-order valence-electron chi connectivity index (χ1n) is 18.8. The number of imidazole rings is 2. The molecule has 0 saturated carbocycles. The predicted octanol–water partition coefficient (Wildman–Crippen LogP) is 13.3. The molecule has 2 aromatic heterocycles. The molecule has 0 N–H and O–H groups in total. The number of aromatic nitrogens is 4. The molecular weight excluding hydrogens is 592 g/mol. The number of unbranched alkanes of at least 4 members (excludes halogenated alkanes) is 26. The van der Waals surface area contributed by atoms with Gasteiger partial charge >= 0.3 is 0 Å². The van der Waals surface area contributed by atoms with Crippen LogP contribution in [0.2, 0.25) is 0 Å². The van der Waals surface area contributed by atoms with Crippen molar-refractivity contribution in [1.82, 2.24) is 19.1 Å². The first-order valence-corrected chi connectivity index (χ1v) is 18.8. The van der Waals surface area contributed by atoms with E-state index in [1.54, 1.807) is 0 Å². The van der Waals surface area contributed by atoms with Crippen molar-refractivity contribution in [2.75, 3.05) is 0 Å². The van der Waals surface area contributed by atoms with E-state index in [1.165, 1.54) is 180 Å². The van der Waals surface area contributed by atoms with Crippen molar-refractivity contribution in [3.05, 3.63) is 37.4 Å². The minimum atomic E-state index is 0. The normalized spacial score (nSPS) is 10.8. The lowest BCUT2D eigenvalue weighted by Gasteiger charge is -2.04. The number of halogens is 1. The molecule has 5 heteroatoms. The van der Waals surface area contributed by atoms with Gasteiger partial charge in [0.1, 0.15) is 0 Å². The molecule has 2 heterocycles. The lowest BCUT2D eigenvalue weighted by Crippen LogP contribution is -1.93. The molecule has 2 rings (SSSR count). The van der Waals surface area contributed by atoms with E-state index in [0.717, 1.165) is 13.1 Å². The quantitative estimate of drug-likeness (QED) is 0.0779. The minimum absolute atomic E-state index is 0. The molecule has 0 aliphatic rings. The van der Waals surface area contributed by atoms with Crippen LogP contribution in [0, 0.1) is 0 Å². The third kappa shape index (κ3) is 30.7. The van der Waals surface area contributed by atoms with Gasteiger partial charge < -0.3 is 9.13 Å². The van der Waals surface area contributed by atoms with Crippen molar-refractivity contribution in [3.63, 3.8) is 0 Å². The van der Waals surface area contributed by atoms with E-state index in [1.807, 2.05) is 25.0 Å². The Morgan fingerprint density at radius 3 is 0.791 bits per heavy atom. The Hall–Kier alpha value is -1.10. The van der Waals surface area contributed by atoms with Crippen LogP contribution in [0.15, 0.2) is 37.4 Å². The molecule has 0 aliphatic heterocycles. The van der Waals surface area contributed by atoms with E-state index in [9.17, 15) is 0 Å². The molecule has 0 spiro atoms. The summed E-state index contributed by atoms with van der Waals surface area (Å²) in [5.74, 6) is 0. The Balaban J connectivity index is 0.000000815. The summed E-state index contributed by atoms with van der Waals surface area (Å²) < 4.78 is 4.36. The smallest absolute Gasteiger partial charge is 0.0945 e. The fraction of sp³-hybridized carbons (Fsp3) is 0.842. The van der Waals surface area contributed by atoms with Crippen molar-refractivity contribution in [2.24, 2.45) is 0 Å². The Morgan fingerprint density at radius 1 is 0.349 bits per heavy atom. The maximum Gasteiger partial charge on any atom is 0.0945 e. The number of hydrogen-bond acceptors (Lipinski definition) is 2. The molecule has 0 aliphatic carbocycles. The van der Waals surface area contributed by atoms with Gasteiger partial charge in [0, 0.05) is 37.9 Å². The molecule has 0 unspecified atom stereocenters. The van der Waals surface area contributed by atoms with Crippen LogP contribution in [0.4, 0.5) is 0 Å². The van der Waals surface area contributed by atoms with E-state index in [4.69, 9.17) is 0 Å². The summed E-state index contributed by atoms with van der Waals surface area (Å²) in [5, 5.41) is 0. The number of hydrogen-bond donors (Lipinski definition) is 0. The highest BCUT2D eigenvalue weighted by molar-refractivity contribution is 8.93. The Labute approximate surface area is 279 Å². The van der Waals surface area contributed by atoms with Gasteiger partial charge in [0.15, 0.2) is 0 Å². The Bertz CT molecular complexity index is 716. The average Bonchev–Trinajstić information content (AvgIpc) is 3.73. The summed E-state index contributed by atoms with van der Waals surface area (Å²) in [4.78, 5) is 8.14. The molecule has 43 heavy (non-hydrogen) atoms. The standard InChI is InChI=1S/C21H40N2.C17H32N2.BrH/c1-2-3-4-5-6-7-8-9-10-11-12-13-14-15-16-17-19-23-20-18-22-21-23;1-2-3-4-5-6-7-8-9-10-11-12-13-15-19-16-14-18-17-19;/h18,20-21H,2-17,19H2,1H3;14,16-17H,2-13,15H2,1H3;1H. The maximum absolute atomic E-state index is 4.08. The summed E-state index contributed by atoms with van der Waals surface area (Å²) in [6, 6.07) is 0. The topological polar surface area (TPSA) is 35.6 Å². The zero-order chi connectivity index (χ0) is 30.0. The van der Waals surface area contributed by atoms with Gasteiger partial charge in [-0.3, -0.25) is 0 Å². The minimum Gasteiger partial charge on any atom is -0.337 e. The van der Waals surface area contributed by atoms with E-state index >= 15 is 0 Å². The van der Waals surface area contributed by atoms with Crippen molar-refractivity contribution in [2.45, 2.75) is 207 Å². The summed E-state index contributed by atoms with van der Waals surface area (Å²) in [6.07, 6.45) is 51.6. The molecular formula is C38H73BrN4. The first kappa shape index (κ1) is 41.9. The van der Waals surface area contributed by atoms with Crippen LogP contribution in [-0.2, 0) is 13.1 Å². The van der Waals surface area contributed by atoms with Crippen molar-refractivity contribution >= 4 is 17.0 Å². The first-order chi connectivity index (χ1) is 20.9. The van der Waals surface area contributed by atoms with E-state index in [0.29, 0.717) is 0 Å². The van der Waals surface area contributed by atoms with Gasteiger partial charge in [-0.15, -0.1) is 17.0 Å². The lowest BCUT2D eigenvalue weighted by molar-refractivity contribution is 0.521.